The molecule has 0 fully saturated rings. The second kappa shape index (κ2) is 7.81. The molecule has 0 spiro atoms. The van der Waals surface area contributed by atoms with Crippen LogP contribution in [0.1, 0.15) is 19.2 Å². The van der Waals surface area contributed by atoms with Crippen LogP contribution >= 0.6 is 0 Å². The van der Waals surface area contributed by atoms with Gasteiger partial charge in [-0.25, -0.2) is 0 Å². The van der Waals surface area contributed by atoms with Crippen molar-refractivity contribution in [3.8, 4) is 22.3 Å². The van der Waals surface area contributed by atoms with Crippen LogP contribution in [0.15, 0.2) is 138 Å². The van der Waals surface area contributed by atoms with Gasteiger partial charge in [0.2, 0.25) is 0 Å². The van der Waals surface area contributed by atoms with Crippen LogP contribution in [0.2, 0.25) is 0 Å². The molecule has 1 nitrogen and oxygen atoms in total. The first-order valence-electron chi connectivity index (χ1n) is 18.6. The first-order valence-corrected chi connectivity index (χ1v) is 11.6. The van der Waals surface area contributed by atoms with Gasteiger partial charge in [-0.3, -0.25) is 0 Å². The Hall–Kier alpha value is -4.88. The topological polar surface area (TPSA) is 13.1 Å². The second-order valence-electron chi connectivity index (χ2n) is 8.66. The Balaban J connectivity index is 1.67. The zero-order chi connectivity index (χ0) is 36.5. The number of benzene rings is 7. The van der Waals surface area contributed by atoms with Crippen LogP contribution in [0.3, 0.4) is 0 Å². The van der Waals surface area contributed by atoms with E-state index in [0.717, 1.165) is 10.8 Å². The van der Waals surface area contributed by atoms with Gasteiger partial charge >= 0.3 is 0 Å². The summed E-state index contributed by atoms with van der Waals surface area (Å²) in [5.41, 5.74) is 1.03. The normalized spacial score (nSPS) is 17.1. The third kappa shape index (κ3) is 3.04. The monoisotopic (exact) mass is 484 g/mol. The zero-order valence-electron chi connectivity index (χ0n) is 33.0. The van der Waals surface area contributed by atoms with Gasteiger partial charge in [-0.1, -0.05) is 109 Å². The molecule has 0 radical (unpaired) electrons. The van der Waals surface area contributed by atoms with Crippen LogP contribution in [0.5, 0.6) is 0 Å². The van der Waals surface area contributed by atoms with Crippen LogP contribution in [0.25, 0.3) is 76.5 Å². The molecule has 0 saturated carbocycles. The van der Waals surface area contributed by atoms with E-state index in [-0.39, 0.29) is 49.0 Å². The van der Waals surface area contributed by atoms with E-state index in [9.17, 15) is 2.74 Å². The summed E-state index contributed by atoms with van der Waals surface area (Å²) in [6.07, 6.45) is 0. The predicted octanol–water partition coefficient (Wildman–Crippen LogP) is 10.4. The summed E-state index contributed by atoms with van der Waals surface area (Å²) in [6, 6.07) is 5.64. The molecule has 0 N–H and O–H groups in total. The average Bonchev–Trinajstić information content (AvgIpc) is 3.50. The molecule has 0 amide bonds. The van der Waals surface area contributed by atoms with Crippen LogP contribution in [-0.2, 0) is 0 Å². The van der Waals surface area contributed by atoms with Gasteiger partial charge in [-0.05, 0) is 78.8 Å². The highest BCUT2D eigenvalue weighted by molar-refractivity contribution is 6.22. The number of para-hydroxylation sites is 1. The Kier molecular flexibility index (Phi) is 2.33. The van der Waals surface area contributed by atoms with Gasteiger partial charge in [0.1, 0.15) is 11.2 Å². The first-order chi connectivity index (χ1) is 24.2. The minimum absolute atomic E-state index is 0.0745. The highest BCUT2D eigenvalue weighted by Gasteiger charge is 2.17. The molecule has 0 saturated heterocycles. The molecule has 0 atom stereocenters. The minimum Gasteiger partial charge on any atom is -0.456 e. The SMILES string of the molecule is [2H]c1c([2H])c([2H])c2c([2H])c([2H])c(-c3c4c([2H])c([2H])c([2H])c([2H])c4c(-c4ccc5c(c4)oc4ccccc45)c4c([2H])c([2H])c([2H])c([2H])c34)cc2c1[2H]. The van der Waals surface area contributed by atoms with Crippen LogP contribution in [0.4, 0.5) is 0 Å². The Morgan fingerprint density at radius 3 is 1.76 bits per heavy atom. The molecule has 172 valence electrons. The molecule has 1 aromatic heterocycles. The molecule has 0 unspecified atom stereocenters. The lowest BCUT2D eigenvalue weighted by molar-refractivity contribution is 0.669. The molecule has 8 aromatic rings. The summed E-state index contributed by atoms with van der Waals surface area (Å²) >= 11 is 0. The number of furan rings is 1. The van der Waals surface area contributed by atoms with E-state index in [1.807, 2.05) is 18.2 Å². The second-order valence-corrected chi connectivity index (χ2v) is 8.66. The van der Waals surface area contributed by atoms with Crippen molar-refractivity contribution in [2.45, 2.75) is 0 Å². The van der Waals surface area contributed by atoms with Gasteiger partial charge in [0, 0.05) is 10.8 Å². The third-order valence-electron chi connectivity index (χ3n) is 6.64. The van der Waals surface area contributed by atoms with Crippen molar-refractivity contribution in [3.63, 3.8) is 0 Å². The number of rotatable bonds is 2. The van der Waals surface area contributed by atoms with Crippen molar-refractivity contribution in [3.05, 3.63) is 133 Å². The number of hydrogen-bond donors (Lipinski definition) is 0. The van der Waals surface area contributed by atoms with Crippen molar-refractivity contribution in [2.24, 2.45) is 0 Å². The molecule has 37 heavy (non-hydrogen) atoms. The fourth-order valence-electron chi connectivity index (χ4n) is 5.04. The lowest BCUT2D eigenvalue weighted by atomic mass is 9.85. The Bertz CT molecular complexity index is 2830. The van der Waals surface area contributed by atoms with Crippen molar-refractivity contribution < 1.29 is 23.6 Å². The fraction of sp³-hybridized carbons (Fsp3) is 0. The van der Waals surface area contributed by atoms with Gasteiger partial charge in [0.15, 0.2) is 0 Å². The van der Waals surface area contributed by atoms with Crippen molar-refractivity contribution in [2.75, 3.05) is 0 Å². The molecular weight excluding hydrogens is 448 g/mol. The van der Waals surface area contributed by atoms with Crippen LogP contribution in [-0.4, -0.2) is 0 Å². The molecule has 0 aliphatic rings. The van der Waals surface area contributed by atoms with Crippen molar-refractivity contribution >= 4 is 54.3 Å². The summed E-state index contributed by atoms with van der Waals surface area (Å²) in [5.74, 6) is 0. The highest BCUT2D eigenvalue weighted by atomic mass is 16.3. The molecule has 0 aliphatic carbocycles. The Morgan fingerprint density at radius 1 is 0.432 bits per heavy atom. The standard InChI is InChI=1S/C36H22O/c1-2-10-24-21-25(18-17-23(24)9-1)35-29-12-3-5-14-31(29)36(32-15-6-4-13-30(32)35)26-19-20-28-27-11-7-8-16-33(27)37-34(28)22-26/h1-22H/i1D,2D,3D,4D,5D,6D,9D,10D,12D,13D,14D,15D,17D,18D. The van der Waals surface area contributed by atoms with Gasteiger partial charge in [-0.2, -0.15) is 0 Å². The molecule has 0 aliphatic heterocycles. The van der Waals surface area contributed by atoms with E-state index in [4.69, 9.17) is 20.9 Å². The zero-order valence-corrected chi connectivity index (χ0v) is 19.0. The maximum absolute atomic E-state index is 9.17. The summed E-state index contributed by atoms with van der Waals surface area (Å²) < 4.78 is 129. The Labute approximate surface area is 233 Å². The molecule has 1 heterocycles. The molecule has 0 bridgehead atoms. The number of hydrogen-bond acceptors (Lipinski definition) is 1. The van der Waals surface area contributed by atoms with E-state index >= 15 is 0 Å². The maximum atomic E-state index is 9.17. The summed E-state index contributed by atoms with van der Waals surface area (Å²) in [6.45, 7) is 0. The third-order valence-corrected chi connectivity index (χ3v) is 6.64. The van der Waals surface area contributed by atoms with E-state index in [1.165, 1.54) is 6.07 Å². The van der Waals surface area contributed by atoms with Crippen molar-refractivity contribution in [1.29, 1.82) is 0 Å². The molecule has 1 heteroatoms. The largest absolute Gasteiger partial charge is 0.456 e. The number of fused-ring (bicyclic) bond motifs is 6. The van der Waals surface area contributed by atoms with Crippen molar-refractivity contribution in [1.82, 2.24) is 0 Å². The smallest absolute Gasteiger partial charge is 0.136 e. The average molecular weight is 485 g/mol. The van der Waals surface area contributed by atoms with Crippen LogP contribution in [0, 0.1) is 0 Å². The van der Waals surface area contributed by atoms with Gasteiger partial charge in [-0.15, -0.1) is 0 Å². The summed E-state index contributed by atoms with van der Waals surface area (Å²) in [5, 5.41) is 0.622. The fourth-order valence-corrected chi connectivity index (χ4v) is 5.04. The lowest BCUT2D eigenvalue weighted by Gasteiger charge is -2.18. The van der Waals surface area contributed by atoms with E-state index in [1.54, 1.807) is 24.3 Å². The van der Waals surface area contributed by atoms with E-state index < -0.39 is 84.6 Å². The maximum Gasteiger partial charge on any atom is 0.136 e. The first kappa shape index (κ1) is 11.0. The minimum atomic E-state index is -0.645. The molecule has 8 rings (SSSR count). The van der Waals surface area contributed by atoms with Crippen LogP contribution < -0.4 is 0 Å². The molecule has 7 aromatic carbocycles. The summed E-state index contributed by atoms with van der Waals surface area (Å²) in [4.78, 5) is 0. The van der Waals surface area contributed by atoms with Gasteiger partial charge < -0.3 is 4.42 Å². The summed E-state index contributed by atoms with van der Waals surface area (Å²) in [7, 11) is 0. The quantitative estimate of drug-likeness (QED) is 0.222. The lowest BCUT2D eigenvalue weighted by Crippen LogP contribution is -1.90. The Morgan fingerprint density at radius 2 is 1.03 bits per heavy atom. The highest BCUT2D eigenvalue weighted by Crippen LogP contribution is 2.45. The molecular formula is C36H22O. The van der Waals surface area contributed by atoms with Gasteiger partial charge in [0.05, 0.1) is 19.2 Å². The van der Waals surface area contributed by atoms with Gasteiger partial charge in [0.25, 0.3) is 0 Å². The van der Waals surface area contributed by atoms with E-state index in [0.29, 0.717) is 16.7 Å². The predicted molar refractivity (Wildman–Crippen MR) is 157 cm³/mol. The van der Waals surface area contributed by atoms with E-state index in [2.05, 4.69) is 0 Å².